The zero-order valence-corrected chi connectivity index (χ0v) is 27.4. The molecule has 0 aliphatic rings. The molecular weight excluding hydrogens is 558 g/mol. The van der Waals surface area contributed by atoms with E-state index in [-0.39, 0.29) is 17.9 Å². The third kappa shape index (κ3) is 10.3. The van der Waals surface area contributed by atoms with Crippen molar-refractivity contribution in [1.82, 2.24) is 10.2 Å². The van der Waals surface area contributed by atoms with Gasteiger partial charge in [0.25, 0.3) is 5.91 Å². The minimum atomic E-state index is -0.917. The van der Waals surface area contributed by atoms with Gasteiger partial charge in [0.05, 0.1) is 0 Å². The van der Waals surface area contributed by atoms with Crippen LogP contribution in [0.2, 0.25) is 0 Å². The van der Waals surface area contributed by atoms with Gasteiger partial charge in [-0.3, -0.25) is 9.59 Å². The van der Waals surface area contributed by atoms with Crippen LogP contribution < -0.4 is 10.6 Å². The van der Waals surface area contributed by atoms with E-state index in [9.17, 15) is 14.4 Å². The first-order chi connectivity index (χ1) is 20.4. The van der Waals surface area contributed by atoms with E-state index < -0.39 is 23.8 Å². The first-order valence-electron chi connectivity index (χ1n) is 15.0. The molecule has 2 N–H and O–H groups in total. The average molecular weight is 606 g/mol. The fraction of sp³-hybridized carbons (Fsp3) is 0.457. The standard InChI is InChI=1S/C35H47N3O4S/c1-24(2)17-18-25(3)38(33(40)30(21-22-43-7)37-34(41)42-35(4,5)6)31(27-14-9-8-10-15-27)32(39)36-29-20-19-26-13-11-12-16-28(26)23-29/h8-16,19-20,23-25,30-31H,17-18,21-22H2,1-7H3,(H,36,39)(H,37,41). The highest BCUT2D eigenvalue weighted by atomic mass is 32.2. The molecule has 8 heteroatoms. The summed E-state index contributed by atoms with van der Waals surface area (Å²) in [6.07, 6.45) is 3.30. The molecule has 0 aromatic heterocycles. The summed E-state index contributed by atoms with van der Waals surface area (Å²) in [5, 5.41) is 8.00. The van der Waals surface area contributed by atoms with Crippen LogP contribution in [0.4, 0.5) is 10.5 Å². The van der Waals surface area contributed by atoms with E-state index in [0.717, 1.165) is 17.2 Å². The van der Waals surface area contributed by atoms with Crippen molar-refractivity contribution in [2.45, 2.75) is 84.5 Å². The summed E-state index contributed by atoms with van der Waals surface area (Å²) >= 11 is 1.59. The number of fused-ring (bicyclic) bond motifs is 1. The summed E-state index contributed by atoms with van der Waals surface area (Å²) < 4.78 is 5.52. The van der Waals surface area contributed by atoms with Crippen LogP contribution in [0.3, 0.4) is 0 Å². The smallest absolute Gasteiger partial charge is 0.408 e. The molecule has 7 nitrogen and oxygen atoms in total. The molecule has 3 aromatic carbocycles. The normalized spacial score (nSPS) is 13.7. The van der Waals surface area contributed by atoms with Crippen LogP contribution in [-0.2, 0) is 14.3 Å². The van der Waals surface area contributed by atoms with Gasteiger partial charge >= 0.3 is 6.09 Å². The lowest BCUT2D eigenvalue weighted by Gasteiger charge is -2.39. The second-order valence-corrected chi connectivity index (χ2v) is 13.4. The van der Waals surface area contributed by atoms with Gasteiger partial charge in [0, 0.05) is 11.7 Å². The number of hydrogen-bond donors (Lipinski definition) is 2. The maximum absolute atomic E-state index is 14.5. The number of rotatable bonds is 13. The van der Waals surface area contributed by atoms with Gasteiger partial charge < -0.3 is 20.3 Å². The van der Waals surface area contributed by atoms with Gasteiger partial charge in [0.2, 0.25) is 5.91 Å². The van der Waals surface area contributed by atoms with Crippen molar-refractivity contribution in [3.05, 3.63) is 78.4 Å². The molecule has 3 aromatic rings. The summed E-state index contributed by atoms with van der Waals surface area (Å²) in [7, 11) is 0. The summed E-state index contributed by atoms with van der Waals surface area (Å²) in [4.78, 5) is 43.4. The van der Waals surface area contributed by atoms with Crippen LogP contribution in [0, 0.1) is 5.92 Å². The van der Waals surface area contributed by atoms with Crippen molar-refractivity contribution in [3.63, 3.8) is 0 Å². The lowest BCUT2D eigenvalue weighted by molar-refractivity contribution is -0.143. The topological polar surface area (TPSA) is 87.7 Å². The number of nitrogens with zero attached hydrogens (tertiary/aromatic N) is 1. The number of alkyl carbamates (subject to hydrolysis) is 1. The Kier molecular flexibility index (Phi) is 12.5. The third-order valence-electron chi connectivity index (χ3n) is 7.15. The van der Waals surface area contributed by atoms with E-state index in [1.54, 1.807) is 37.4 Å². The number of hydrogen-bond acceptors (Lipinski definition) is 5. The molecule has 0 bridgehead atoms. The summed E-state index contributed by atoms with van der Waals surface area (Å²) in [5.74, 6) is 0.457. The summed E-state index contributed by atoms with van der Waals surface area (Å²) in [6.45, 7) is 11.6. The third-order valence-corrected chi connectivity index (χ3v) is 7.79. The van der Waals surface area contributed by atoms with Gasteiger partial charge in [-0.25, -0.2) is 4.79 Å². The molecule has 3 atom stereocenters. The molecule has 232 valence electrons. The van der Waals surface area contributed by atoms with Crippen molar-refractivity contribution in [2.75, 3.05) is 17.3 Å². The first-order valence-corrected chi connectivity index (χ1v) is 16.4. The molecular formula is C35H47N3O4S. The quantitative estimate of drug-likeness (QED) is 0.207. The molecule has 43 heavy (non-hydrogen) atoms. The second kappa shape index (κ2) is 15.8. The fourth-order valence-corrected chi connectivity index (χ4v) is 5.46. The Labute approximate surface area is 261 Å². The number of nitrogens with one attached hydrogen (secondary N) is 2. The Morgan fingerprint density at radius 2 is 1.51 bits per heavy atom. The van der Waals surface area contributed by atoms with Crippen LogP contribution in [0.25, 0.3) is 10.8 Å². The number of carbonyl (C=O) groups excluding carboxylic acids is 3. The minimum absolute atomic E-state index is 0.278. The van der Waals surface area contributed by atoms with E-state index in [1.165, 1.54) is 0 Å². The summed E-state index contributed by atoms with van der Waals surface area (Å²) in [5.41, 5.74) is 0.636. The van der Waals surface area contributed by atoms with Gasteiger partial charge in [-0.2, -0.15) is 11.8 Å². The predicted molar refractivity (Wildman–Crippen MR) is 178 cm³/mol. The van der Waals surface area contributed by atoms with Crippen molar-refractivity contribution in [1.29, 1.82) is 0 Å². The Morgan fingerprint density at radius 3 is 2.14 bits per heavy atom. The van der Waals surface area contributed by atoms with E-state index in [4.69, 9.17) is 4.74 Å². The molecule has 0 heterocycles. The highest BCUT2D eigenvalue weighted by Gasteiger charge is 2.38. The van der Waals surface area contributed by atoms with Gasteiger partial charge in [-0.05, 0) is 93.4 Å². The minimum Gasteiger partial charge on any atom is -0.444 e. The van der Waals surface area contributed by atoms with Crippen LogP contribution in [0.15, 0.2) is 72.8 Å². The lowest BCUT2D eigenvalue weighted by Crippen LogP contribution is -2.55. The van der Waals surface area contributed by atoms with Gasteiger partial charge in [0.1, 0.15) is 17.7 Å². The van der Waals surface area contributed by atoms with Crippen molar-refractivity contribution in [3.8, 4) is 0 Å². The number of carbonyl (C=O) groups is 3. The Morgan fingerprint density at radius 1 is 0.860 bits per heavy atom. The summed E-state index contributed by atoms with van der Waals surface area (Å²) in [6, 6.07) is 21.1. The maximum Gasteiger partial charge on any atom is 0.408 e. The highest BCUT2D eigenvalue weighted by Crippen LogP contribution is 2.30. The molecule has 0 spiro atoms. The van der Waals surface area contributed by atoms with E-state index in [1.807, 2.05) is 86.0 Å². The Bertz CT molecular complexity index is 1360. The number of benzene rings is 3. The zero-order valence-electron chi connectivity index (χ0n) is 26.6. The highest BCUT2D eigenvalue weighted by molar-refractivity contribution is 7.98. The molecule has 0 aliphatic carbocycles. The molecule has 0 saturated carbocycles. The molecule has 3 rings (SSSR count). The largest absolute Gasteiger partial charge is 0.444 e. The molecule has 0 saturated heterocycles. The Balaban J connectivity index is 2.05. The van der Waals surface area contributed by atoms with Crippen LogP contribution in [0.1, 0.15) is 72.4 Å². The van der Waals surface area contributed by atoms with E-state index >= 15 is 0 Å². The van der Waals surface area contributed by atoms with Gasteiger partial charge in [0.15, 0.2) is 0 Å². The number of thioether (sulfide) groups is 1. The van der Waals surface area contributed by atoms with Crippen LogP contribution in [0.5, 0.6) is 0 Å². The average Bonchev–Trinajstić information content (AvgIpc) is 2.95. The van der Waals surface area contributed by atoms with Crippen molar-refractivity contribution in [2.24, 2.45) is 5.92 Å². The van der Waals surface area contributed by atoms with E-state index in [2.05, 4.69) is 24.5 Å². The molecule has 0 radical (unpaired) electrons. The van der Waals surface area contributed by atoms with Gasteiger partial charge in [-0.1, -0.05) is 74.5 Å². The molecule has 3 amide bonds. The maximum atomic E-state index is 14.5. The van der Waals surface area contributed by atoms with Crippen molar-refractivity contribution >= 4 is 46.1 Å². The molecule has 0 aliphatic heterocycles. The van der Waals surface area contributed by atoms with Gasteiger partial charge in [-0.15, -0.1) is 0 Å². The van der Waals surface area contributed by atoms with Crippen LogP contribution in [-0.4, -0.2) is 52.5 Å². The molecule has 0 fully saturated rings. The number of ether oxygens (including phenoxy) is 1. The first kappa shape index (κ1) is 34.0. The number of anilines is 1. The van der Waals surface area contributed by atoms with E-state index in [0.29, 0.717) is 35.8 Å². The van der Waals surface area contributed by atoms with Crippen molar-refractivity contribution < 1.29 is 19.1 Å². The fourth-order valence-electron chi connectivity index (χ4n) is 4.99. The lowest BCUT2D eigenvalue weighted by atomic mass is 9.96. The van der Waals surface area contributed by atoms with Crippen LogP contribution >= 0.6 is 11.8 Å². The predicted octanol–water partition coefficient (Wildman–Crippen LogP) is 7.82. The SMILES string of the molecule is CSCCC(NC(=O)OC(C)(C)C)C(=O)N(C(C)CCC(C)C)C(C(=O)Nc1ccc2ccccc2c1)c1ccccc1. The monoisotopic (exact) mass is 605 g/mol. The second-order valence-electron chi connectivity index (χ2n) is 12.4. The Hall–Kier alpha value is -3.52. The molecule has 3 unspecified atom stereocenters. The number of amides is 3. The zero-order chi connectivity index (χ0) is 31.6.